The third kappa shape index (κ3) is 7.20. The maximum absolute atomic E-state index is 2.59. The SMILES string of the molecule is CC(C)(C)c1ccc(-c2cc3c4c(c2)N(c2ccccc2-c2ccccc2)c2ccc(C(C)(C)C)cc2B4c2cc(C(C)(C)C)ccc2N3c2ccc(C(C)(C)C)cc2)cc1. The fraction of sp³-hybridized carbons (Fsp3) is 0.276. The van der Waals surface area contributed by atoms with Gasteiger partial charge in [-0.3, -0.25) is 0 Å². The largest absolute Gasteiger partial charge is 0.311 e. The monoisotopic (exact) mass is 796 g/mol. The Morgan fingerprint density at radius 3 is 1.30 bits per heavy atom. The lowest BCUT2D eigenvalue weighted by Gasteiger charge is -2.45. The molecule has 0 saturated carbocycles. The first-order valence-electron chi connectivity index (χ1n) is 22.2. The van der Waals surface area contributed by atoms with Gasteiger partial charge in [-0.05, 0) is 119 Å². The first kappa shape index (κ1) is 40.6. The first-order chi connectivity index (χ1) is 28.8. The van der Waals surface area contributed by atoms with Gasteiger partial charge in [0.25, 0.3) is 6.71 Å². The standard InChI is InChI=1S/C58H61BN2/c1-55(2,3)41-24-22-38(23-25-41)40-34-52-54-53(35-40)61(49-21-17-16-20-46(49)39-18-14-13-15-19-39)51-33-29-44(58(10,11)12)37-48(51)59(54)47-36-43(57(7,8)9)28-32-50(47)60(52)45-30-26-42(27-31-45)56(4,5)6/h13-37H,1-12H3. The quantitative estimate of drug-likeness (QED) is 0.164. The highest BCUT2D eigenvalue weighted by atomic mass is 15.2. The minimum atomic E-state index is -0.0282. The summed E-state index contributed by atoms with van der Waals surface area (Å²) in [6, 6.07) is 58.1. The van der Waals surface area contributed by atoms with Gasteiger partial charge in [0.15, 0.2) is 0 Å². The molecular formula is C58H61BN2. The maximum Gasteiger partial charge on any atom is 0.252 e. The van der Waals surface area contributed by atoms with Crippen LogP contribution in [0.25, 0.3) is 22.3 Å². The lowest BCUT2D eigenvalue weighted by molar-refractivity contribution is 0.590. The van der Waals surface area contributed by atoms with E-state index in [4.69, 9.17) is 0 Å². The van der Waals surface area contributed by atoms with Crippen LogP contribution in [-0.4, -0.2) is 6.71 Å². The van der Waals surface area contributed by atoms with Crippen LogP contribution in [0.15, 0.2) is 152 Å². The Labute approximate surface area is 366 Å². The Morgan fingerprint density at radius 1 is 0.328 bits per heavy atom. The van der Waals surface area contributed by atoms with Crippen LogP contribution in [0.5, 0.6) is 0 Å². The Hall–Kier alpha value is -5.80. The molecule has 2 aliphatic rings. The molecule has 9 rings (SSSR count). The van der Waals surface area contributed by atoms with E-state index in [9.17, 15) is 0 Å². The smallest absolute Gasteiger partial charge is 0.252 e. The van der Waals surface area contributed by atoms with E-state index in [0.29, 0.717) is 0 Å². The van der Waals surface area contributed by atoms with Gasteiger partial charge in [-0.1, -0.05) is 192 Å². The summed E-state index contributed by atoms with van der Waals surface area (Å²) in [7, 11) is 0. The van der Waals surface area contributed by atoms with Crippen molar-refractivity contribution >= 4 is 57.2 Å². The summed E-state index contributed by atoms with van der Waals surface area (Å²) in [5.41, 5.74) is 21.6. The summed E-state index contributed by atoms with van der Waals surface area (Å²) in [6.07, 6.45) is 0. The lowest BCUT2D eigenvalue weighted by atomic mass is 9.33. The van der Waals surface area contributed by atoms with Crippen LogP contribution >= 0.6 is 0 Å². The fourth-order valence-corrected chi connectivity index (χ4v) is 9.45. The average Bonchev–Trinajstić information content (AvgIpc) is 3.22. The molecule has 0 fully saturated rings. The highest BCUT2D eigenvalue weighted by molar-refractivity contribution is 7.00. The summed E-state index contributed by atoms with van der Waals surface area (Å²) in [5, 5.41) is 0. The predicted octanol–water partition coefficient (Wildman–Crippen LogP) is 14.3. The van der Waals surface area contributed by atoms with Crippen molar-refractivity contribution in [2.24, 2.45) is 0 Å². The van der Waals surface area contributed by atoms with Gasteiger partial charge in [0, 0.05) is 34.0 Å². The third-order valence-corrected chi connectivity index (χ3v) is 13.1. The summed E-state index contributed by atoms with van der Waals surface area (Å²) in [4.78, 5) is 5.16. The van der Waals surface area contributed by atoms with Gasteiger partial charge in [0.05, 0.1) is 5.69 Å². The molecule has 0 radical (unpaired) electrons. The number of hydrogen-bond acceptors (Lipinski definition) is 2. The van der Waals surface area contributed by atoms with Gasteiger partial charge in [-0.15, -0.1) is 0 Å². The third-order valence-electron chi connectivity index (χ3n) is 13.1. The van der Waals surface area contributed by atoms with Crippen molar-refractivity contribution in [2.75, 3.05) is 9.80 Å². The zero-order valence-electron chi connectivity index (χ0n) is 38.4. The second-order valence-electron chi connectivity index (χ2n) is 21.6. The number of benzene rings is 7. The van der Waals surface area contributed by atoms with E-state index in [1.54, 1.807) is 0 Å². The van der Waals surface area contributed by atoms with Crippen molar-refractivity contribution < 1.29 is 0 Å². The van der Waals surface area contributed by atoms with E-state index in [2.05, 4.69) is 245 Å². The van der Waals surface area contributed by atoms with E-state index in [-0.39, 0.29) is 28.4 Å². The van der Waals surface area contributed by atoms with Gasteiger partial charge in [-0.2, -0.15) is 0 Å². The zero-order valence-corrected chi connectivity index (χ0v) is 38.4. The fourth-order valence-electron chi connectivity index (χ4n) is 9.45. The molecule has 306 valence electrons. The van der Waals surface area contributed by atoms with Crippen molar-refractivity contribution in [1.29, 1.82) is 0 Å². The Morgan fingerprint density at radius 2 is 0.770 bits per heavy atom. The minimum Gasteiger partial charge on any atom is -0.311 e. The Bertz CT molecular complexity index is 2770. The molecule has 2 heterocycles. The van der Waals surface area contributed by atoms with E-state index in [1.165, 1.54) is 95.0 Å². The lowest BCUT2D eigenvalue weighted by Crippen LogP contribution is -2.61. The summed E-state index contributed by atoms with van der Waals surface area (Å²) < 4.78 is 0. The molecule has 0 aromatic heterocycles. The maximum atomic E-state index is 2.59. The molecule has 2 nitrogen and oxygen atoms in total. The van der Waals surface area contributed by atoms with Crippen LogP contribution in [-0.2, 0) is 21.7 Å². The average molecular weight is 797 g/mol. The van der Waals surface area contributed by atoms with Crippen LogP contribution in [0.4, 0.5) is 34.1 Å². The van der Waals surface area contributed by atoms with Gasteiger partial charge < -0.3 is 9.80 Å². The second kappa shape index (κ2) is 14.4. The molecule has 0 spiro atoms. The molecule has 3 heteroatoms. The minimum absolute atomic E-state index is 0.0159. The van der Waals surface area contributed by atoms with Crippen LogP contribution in [0.1, 0.15) is 105 Å². The molecule has 0 atom stereocenters. The molecule has 0 unspecified atom stereocenters. The number of para-hydroxylation sites is 1. The van der Waals surface area contributed by atoms with Crippen molar-refractivity contribution in [1.82, 2.24) is 0 Å². The molecule has 0 amide bonds. The normalized spacial score (nSPS) is 13.8. The number of hydrogen-bond donors (Lipinski definition) is 0. The summed E-state index contributed by atoms with van der Waals surface area (Å²) in [5.74, 6) is 0. The Balaban J connectivity index is 1.42. The van der Waals surface area contributed by atoms with Gasteiger partial charge >= 0.3 is 0 Å². The van der Waals surface area contributed by atoms with Gasteiger partial charge in [-0.25, -0.2) is 0 Å². The molecule has 0 saturated heterocycles. The predicted molar refractivity (Wildman–Crippen MR) is 266 cm³/mol. The number of anilines is 6. The van der Waals surface area contributed by atoms with Crippen molar-refractivity contribution in [3.8, 4) is 22.3 Å². The van der Waals surface area contributed by atoms with Gasteiger partial charge in [0.2, 0.25) is 0 Å². The van der Waals surface area contributed by atoms with Gasteiger partial charge in [0.1, 0.15) is 0 Å². The molecule has 61 heavy (non-hydrogen) atoms. The van der Waals surface area contributed by atoms with E-state index in [1.807, 2.05) is 0 Å². The second-order valence-corrected chi connectivity index (χ2v) is 21.6. The highest BCUT2D eigenvalue weighted by Crippen LogP contribution is 2.49. The van der Waals surface area contributed by atoms with E-state index >= 15 is 0 Å². The first-order valence-corrected chi connectivity index (χ1v) is 22.2. The number of fused-ring (bicyclic) bond motifs is 4. The summed E-state index contributed by atoms with van der Waals surface area (Å²) >= 11 is 0. The van der Waals surface area contributed by atoms with E-state index in [0.717, 1.165) is 0 Å². The number of rotatable bonds is 4. The molecular weight excluding hydrogens is 735 g/mol. The molecule has 0 N–H and O–H groups in total. The van der Waals surface area contributed by atoms with Crippen LogP contribution < -0.4 is 26.2 Å². The number of nitrogens with zero attached hydrogens (tertiary/aromatic N) is 2. The van der Waals surface area contributed by atoms with Crippen molar-refractivity contribution in [2.45, 2.75) is 105 Å². The zero-order chi connectivity index (χ0) is 43.2. The molecule has 7 aromatic carbocycles. The van der Waals surface area contributed by atoms with Crippen molar-refractivity contribution in [3.63, 3.8) is 0 Å². The van der Waals surface area contributed by atoms with Crippen LogP contribution in [0.2, 0.25) is 0 Å². The molecule has 7 aromatic rings. The van der Waals surface area contributed by atoms with Crippen LogP contribution in [0.3, 0.4) is 0 Å². The van der Waals surface area contributed by atoms with Crippen molar-refractivity contribution in [3.05, 3.63) is 174 Å². The van der Waals surface area contributed by atoms with Crippen LogP contribution in [0, 0.1) is 0 Å². The summed E-state index contributed by atoms with van der Waals surface area (Å²) in [6.45, 7) is 27.8. The molecule has 2 aliphatic heterocycles. The Kier molecular flexibility index (Phi) is 9.59. The topological polar surface area (TPSA) is 6.48 Å². The molecule has 0 bridgehead atoms. The highest BCUT2D eigenvalue weighted by Gasteiger charge is 2.45. The molecule has 0 aliphatic carbocycles. The van der Waals surface area contributed by atoms with E-state index < -0.39 is 0 Å².